The third-order valence-corrected chi connectivity index (χ3v) is 4.54. The Morgan fingerprint density at radius 2 is 2.00 bits per heavy atom. The van der Waals surface area contributed by atoms with Crippen molar-refractivity contribution >= 4 is 23.6 Å². The first-order chi connectivity index (χ1) is 13.0. The van der Waals surface area contributed by atoms with Gasteiger partial charge in [0.05, 0.1) is 45.3 Å². The van der Waals surface area contributed by atoms with Crippen LogP contribution in [0.25, 0.3) is 0 Å². The van der Waals surface area contributed by atoms with Gasteiger partial charge in [-0.1, -0.05) is 24.3 Å². The number of carbonyl (C=O) groups is 2. The number of hydrogen-bond acceptors (Lipinski definition) is 6. The molecule has 1 atom stereocenters. The second-order valence-corrected chi connectivity index (χ2v) is 6.59. The summed E-state index contributed by atoms with van der Waals surface area (Å²) in [6.07, 6.45) is 3.65. The van der Waals surface area contributed by atoms with Gasteiger partial charge in [0.15, 0.2) is 0 Å². The summed E-state index contributed by atoms with van der Waals surface area (Å²) in [6.45, 7) is 5.25. The number of amides is 2. The minimum Gasteiger partial charge on any atom is -0.375 e. The Kier molecular flexibility index (Phi) is 11.4. The molecule has 1 unspecified atom stereocenters. The zero-order chi connectivity index (χ0) is 20.1. The highest BCUT2D eigenvalue weighted by Gasteiger charge is 2.20. The largest absolute Gasteiger partial charge is 0.375 e. The van der Waals surface area contributed by atoms with Crippen molar-refractivity contribution < 1.29 is 23.9 Å². The number of hydrogen-bond donors (Lipinski definition) is 1. The normalized spacial score (nSPS) is 11.7. The van der Waals surface area contributed by atoms with Crippen LogP contribution < -0.4 is 5.32 Å². The van der Waals surface area contributed by atoms with E-state index in [4.69, 9.17) is 14.3 Å². The molecule has 0 saturated carbocycles. The number of ether oxygens (including phenoxy) is 2. The van der Waals surface area contributed by atoms with E-state index in [0.29, 0.717) is 32.0 Å². The van der Waals surface area contributed by atoms with Crippen molar-refractivity contribution in [3.05, 3.63) is 48.0 Å². The number of benzene rings is 1. The molecule has 0 heterocycles. The van der Waals surface area contributed by atoms with Gasteiger partial charge in [0.25, 0.3) is 5.91 Å². The van der Waals surface area contributed by atoms with Gasteiger partial charge in [-0.15, -0.1) is 18.3 Å². The van der Waals surface area contributed by atoms with Crippen LogP contribution in [0.4, 0.5) is 0 Å². The van der Waals surface area contributed by atoms with Gasteiger partial charge >= 0.3 is 0 Å². The fourth-order valence-corrected chi connectivity index (χ4v) is 2.67. The smallest absolute Gasteiger partial charge is 0.252 e. The van der Waals surface area contributed by atoms with Gasteiger partial charge in [-0.2, -0.15) is 0 Å². The van der Waals surface area contributed by atoms with Crippen molar-refractivity contribution in [3.63, 3.8) is 0 Å². The molecule has 0 aliphatic heterocycles. The molecular weight excluding hydrogens is 368 g/mol. The van der Waals surface area contributed by atoms with E-state index in [0.717, 1.165) is 10.6 Å². The molecule has 0 aromatic heterocycles. The second kappa shape index (κ2) is 13.3. The summed E-state index contributed by atoms with van der Waals surface area (Å²) in [6, 6.07) is 7.23. The highest BCUT2D eigenvalue weighted by atomic mass is 32.2. The Balaban J connectivity index is 2.62. The number of nitrogens with one attached hydrogen (secondary N) is 1. The molecule has 7 nitrogen and oxygen atoms in total. The summed E-state index contributed by atoms with van der Waals surface area (Å²) >= 11 is 1.39. The molecule has 150 valence electrons. The average Bonchev–Trinajstić information content (AvgIpc) is 2.69. The molecule has 0 spiro atoms. The minimum absolute atomic E-state index is 0.135. The quantitative estimate of drug-likeness (QED) is 0.238. The number of carbonyl (C=O) groups excluding carboxylic acids is 2. The Bertz CT molecular complexity index is 612. The topological polar surface area (TPSA) is 77.1 Å². The lowest BCUT2D eigenvalue weighted by Crippen LogP contribution is -2.38. The standard InChI is InChI=1S/C19H28N2O5S/c1-5-10-25-11-12-26-14-15-8-6-7-9-16(15)19(23)20-17(27-4)13-18(22)21(2)24-3/h5-9,17H,1,10-14H2,2-4H3,(H,20,23). The highest BCUT2D eigenvalue weighted by Crippen LogP contribution is 2.14. The molecule has 0 fully saturated rings. The molecular formula is C19H28N2O5S. The predicted molar refractivity (Wildman–Crippen MR) is 106 cm³/mol. The summed E-state index contributed by atoms with van der Waals surface area (Å²) in [7, 11) is 2.95. The number of hydroxylamine groups is 2. The van der Waals surface area contributed by atoms with Gasteiger partial charge in [-0.3, -0.25) is 14.4 Å². The zero-order valence-corrected chi connectivity index (χ0v) is 16.9. The molecule has 0 aliphatic rings. The predicted octanol–water partition coefficient (Wildman–Crippen LogP) is 2.23. The van der Waals surface area contributed by atoms with Crippen LogP contribution in [0.3, 0.4) is 0 Å². The molecule has 1 N–H and O–H groups in total. The van der Waals surface area contributed by atoms with Crippen molar-refractivity contribution in [2.24, 2.45) is 0 Å². The van der Waals surface area contributed by atoms with E-state index in [2.05, 4.69) is 11.9 Å². The van der Waals surface area contributed by atoms with Gasteiger partial charge in [-0.25, -0.2) is 5.06 Å². The van der Waals surface area contributed by atoms with E-state index in [9.17, 15) is 9.59 Å². The van der Waals surface area contributed by atoms with Gasteiger partial charge in [-0.05, 0) is 17.9 Å². The first-order valence-electron chi connectivity index (χ1n) is 8.52. The third kappa shape index (κ3) is 8.57. The van der Waals surface area contributed by atoms with Crippen LogP contribution in [0.15, 0.2) is 36.9 Å². The van der Waals surface area contributed by atoms with Gasteiger partial charge in [0.1, 0.15) is 0 Å². The summed E-state index contributed by atoms with van der Waals surface area (Å²) in [5.74, 6) is -0.461. The van der Waals surface area contributed by atoms with Crippen LogP contribution in [0.5, 0.6) is 0 Å². The summed E-state index contributed by atoms with van der Waals surface area (Å²) in [4.78, 5) is 29.5. The summed E-state index contributed by atoms with van der Waals surface area (Å²) in [5, 5.41) is 3.67. The van der Waals surface area contributed by atoms with Crippen molar-refractivity contribution in [1.82, 2.24) is 10.4 Å². The van der Waals surface area contributed by atoms with Crippen molar-refractivity contribution in [2.75, 3.05) is 40.2 Å². The Hall–Kier alpha value is -1.87. The van der Waals surface area contributed by atoms with Crippen LogP contribution >= 0.6 is 11.8 Å². The molecule has 2 amide bonds. The van der Waals surface area contributed by atoms with E-state index in [-0.39, 0.29) is 23.6 Å². The van der Waals surface area contributed by atoms with Crippen LogP contribution in [-0.2, 0) is 25.7 Å². The molecule has 1 aromatic carbocycles. The van der Waals surface area contributed by atoms with E-state index < -0.39 is 0 Å². The lowest BCUT2D eigenvalue weighted by Gasteiger charge is -2.20. The lowest BCUT2D eigenvalue weighted by atomic mass is 10.1. The maximum absolute atomic E-state index is 12.7. The number of thioether (sulfide) groups is 1. The molecule has 0 saturated heterocycles. The number of rotatable bonds is 13. The second-order valence-electron chi connectivity index (χ2n) is 5.55. The van der Waals surface area contributed by atoms with Crippen LogP contribution in [0, 0.1) is 0 Å². The monoisotopic (exact) mass is 396 g/mol. The SMILES string of the molecule is C=CCOCCOCc1ccccc1C(=O)NC(CC(=O)N(C)OC)SC. The fraction of sp³-hybridized carbons (Fsp3) is 0.474. The highest BCUT2D eigenvalue weighted by molar-refractivity contribution is 7.99. The number of nitrogens with zero attached hydrogens (tertiary/aromatic N) is 1. The molecule has 1 rings (SSSR count). The first-order valence-corrected chi connectivity index (χ1v) is 9.80. The Morgan fingerprint density at radius 3 is 2.67 bits per heavy atom. The molecule has 0 radical (unpaired) electrons. The van der Waals surface area contributed by atoms with Crippen LogP contribution in [-0.4, -0.2) is 62.5 Å². The minimum atomic E-state index is -0.358. The molecule has 0 bridgehead atoms. The van der Waals surface area contributed by atoms with E-state index in [1.807, 2.05) is 18.4 Å². The van der Waals surface area contributed by atoms with Gasteiger partial charge in [0.2, 0.25) is 5.91 Å². The zero-order valence-electron chi connectivity index (χ0n) is 16.1. The van der Waals surface area contributed by atoms with Gasteiger partial charge < -0.3 is 14.8 Å². The average molecular weight is 397 g/mol. The Labute approximate surface area is 165 Å². The van der Waals surface area contributed by atoms with Crippen LogP contribution in [0.2, 0.25) is 0 Å². The molecule has 8 heteroatoms. The fourth-order valence-electron chi connectivity index (χ4n) is 2.14. The van der Waals surface area contributed by atoms with E-state index in [1.165, 1.54) is 25.9 Å². The summed E-state index contributed by atoms with van der Waals surface area (Å²) in [5.41, 5.74) is 1.30. The van der Waals surface area contributed by atoms with Crippen LogP contribution in [0.1, 0.15) is 22.3 Å². The molecule has 27 heavy (non-hydrogen) atoms. The first kappa shape index (κ1) is 23.2. The summed E-state index contributed by atoms with van der Waals surface area (Å²) < 4.78 is 10.8. The van der Waals surface area contributed by atoms with Crippen molar-refractivity contribution in [2.45, 2.75) is 18.4 Å². The maximum atomic E-state index is 12.7. The Morgan fingerprint density at radius 1 is 1.30 bits per heavy atom. The lowest BCUT2D eigenvalue weighted by molar-refractivity contribution is -0.168. The van der Waals surface area contributed by atoms with Gasteiger partial charge in [0, 0.05) is 12.6 Å². The third-order valence-electron chi connectivity index (χ3n) is 3.69. The van der Waals surface area contributed by atoms with E-state index >= 15 is 0 Å². The van der Waals surface area contributed by atoms with E-state index in [1.54, 1.807) is 18.2 Å². The molecule has 0 aliphatic carbocycles. The van der Waals surface area contributed by atoms with Crippen molar-refractivity contribution in [1.29, 1.82) is 0 Å². The van der Waals surface area contributed by atoms with Crippen molar-refractivity contribution in [3.8, 4) is 0 Å². The molecule has 1 aromatic rings. The maximum Gasteiger partial charge on any atom is 0.252 e.